The fourth-order valence-electron chi connectivity index (χ4n) is 2.32. The first-order valence-corrected chi connectivity index (χ1v) is 8.24. The molecule has 2 aromatic rings. The number of nitrogens with zero attached hydrogens (tertiary/aromatic N) is 2. The van der Waals surface area contributed by atoms with Crippen molar-refractivity contribution in [3.63, 3.8) is 0 Å². The van der Waals surface area contributed by atoms with Crippen LogP contribution < -0.4 is 5.32 Å². The first-order chi connectivity index (χ1) is 10.5. The average molecular weight is 315 g/mol. The Kier molecular flexibility index (Phi) is 5.55. The highest BCUT2D eigenvalue weighted by Gasteiger charge is 2.12. The summed E-state index contributed by atoms with van der Waals surface area (Å²) in [6.45, 7) is 7.91. The van der Waals surface area contributed by atoms with Crippen LogP contribution in [-0.4, -0.2) is 21.6 Å². The molecular weight excluding hydrogens is 294 g/mol. The smallest absolute Gasteiger partial charge is 0.230 e. The Morgan fingerprint density at radius 3 is 2.45 bits per heavy atom. The van der Waals surface area contributed by atoms with Crippen LogP contribution in [0.1, 0.15) is 35.5 Å². The van der Waals surface area contributed by atoms with Gasteiger partial charge >= 0.3 is 0 Å². The number of carbonyl (C=O) groups is 1. The van der Waals surface area contributed by atoms with Crippen LogP contribution in [-0.2, 0) is 4.79 Å². The number of nitrogens with one attached hydrogen (secondary N) is 1. The molecule has 0 spiro atoms. The number of hydrogen-bond acceptors (Lipinski definition) is 4. The lowest BCUT2D eigenvalue weighted by Crippen LogP contribution is -2.28. The van der Waals surface area contributed by atoms with E-state index in [1.807, 2.05) is 45.0 Å². The van der Waals surface area contributed by atoms with Gasteiger partial charge in [-0.3, -0.25) is 4.79 Å². The van der Waals surface area contributed by atoms with Gasteiger partial charge in [0.2, 0.25) is 5.91 Å². The number of benzene rings is 1. The normalized spacial score (nSPS) is 12.0. The molecule has 0 radical (unpaired) electrons. The standard InChI is InChI=1S/C17H21N3OS/c1-11-7-5-6-8-15(11)14(4)20-16(21)10-22-17-18-12(2)9-13(3)19-17/h5-9,14H,10H2,1-4H3,(H,20,21). The van der Waals surface area contributed by atoms with E-state index in [9.17, 15) is 4.79 Å². The molecule has 1 aromatic carbocycles. The molecule has 1 atom stereocenters. The number of thioether (sulfide) groups is 1. The Balaban J connectivity index is 1.91. The van der Waals surface area contributed by atoms with Crippen LogP contribution in [0.15, 0.2) is 35.5 Å². The molecule has 1 aromatic heterocycles. The maximum atomic E-state index is 12.1. The molecule has 0 aliphatic carbocycles. The second-order valence-corrected chi connectivity index (χ2v) is 6.31. The minimum atomic E-state index is -0.0106. The van der Waals surface area contributed by atoms with E-state index in [0.29, 0.717) is 10.9 Å². The van der Waals surface area contributed by atoms with Crippen molar-refractivity contribution in [3.8, 4) is 0 Å². The summed E-state index contributed by atoms with van der Waals surface area (Å²) in [5.41, 5.74) is 4.16. The lowest BCUT2D eigenvalue weighted by Gasteiger charge is -2.16. The summed E-state index contributed by atoms with van der Waals surface area (Å²) in [6.07, 6.45) is 0. The number of aryl methyl sites for hydroxylation is 3. The van der Waals surface area contributed by atoms with Crippen LogP contribution in [0.3, 0.4) is 0 Å². The molecule has 5 heteroatoms. The zero-order chi connectivity index (χ0) is 16.1. The maximum absolute atomic E-state index is 12.1. The zero-order valence-corrected chi connectivity index (χ0v) is 14.2. The summed E-state index contributed by atoms with van der Waals surface area (Å²) in [4.78, 5) is 20.8. The third-order valence-electron chi connectivity index (χ3n) is 3.33. The Morgan fingerprint density at radius 2 is 1.82 bits per heavy atom. The Bertz CT molecular complexity index is 652. The molecule has 0 saturated carbocycles. The second kappa shape index (κ2) is 7.40. The molecule has 1 amide bonds. The number of aromatic nitrogens is 2. The topological polar surface area (TPSA) is 54.9 Å². The van der Waals surface area contributed by atoms with Crippen molar-refractivity contribution in [3.05, 3.63) is 52.8 Å². The summed E-state index contributed by atoms with van der Waals surface area (Å²) in [5, 5.41) is 3.67. The van der Waals surface area contributed by atoms with E-state index < -0.39 is 0 Å². The lowest BCUT2D eigenvalue weighted by atomic mass is 10.0. The summed E-state index contributed by atoms with van der Waals surface area (Å²) in [5.74, 6) is 0.308. The molecule has 1 N–H and O–H groups in total. The lowest BCUT2D eigenvalue weighted by molar-refractivity contribution is -0.119. The van der Waals surface area contributed by atoms with E-state index in [2.05, 4.69) is 28.3 Å². The van der Waals surface area contributed by atoms with Crippen LogP contribution in [0.25, 0.3) is 0 Å². The van der Waals surface area contributed by atoms with Gasteiger partial charge in [-0.2, -0.15) is 0 Å². The Morgan fingerprint density at radius 1 is 1.18 bits per heavy atom. The summed E-state index contributed by atoms with van der Waals surface area (Å²) < 4.78 is 0. The Labute approximate surface area is 135 Å². The fourth-order valence-corrected chi connectivity index (χ4v) is 3.08. The van der Waals surface area contributed by atoms with Gasteiger partial charge in [-0.25, -0.2) is 9.97 Å². The van der Waals surface area contributed by atoms with Gasteiger partial charge in [-0.1, -0.05) is 36.0 Å². The number of hydrogen-bond donors (Lipinski definition) is 1. The molecule has 0 aliphatic heterocycles. The maximum Gasteiger partial charge on any atom is 0.230 e. The minimum Gasteiger partial charge on any atom is -0.349 e. The Hall–Kier alpha value is -1.88. The second-order valence-electron chi connectivity index (χ2n) is 5.37. The van der Waals surface area contributed by atoms with Crippen molar-refractivity contribution in [1.29, 1.82) is 0 Å². The van der Waals surface area contributed by atoms with Gasteiger partial charge in [0.15, 0.2) is 5.16 Å². The van der Waals surface area contributed by atoms with E-state index in [0.717, 1.165) is 17.0 Å². The third kappa shape index (κ3) is 4.56. The van der Waals surface area contributed by atoms with Gasteiger partial charge in [0, 0.05) is 11.4 Å². The van der Waals surface area contributed by atoms with E-state index in [4.69, 9.17) is 0 Å². The molecule has 1 unspecified atom stereocenters. The van der Waals surface area contributed by atoms with Gasteiger partial charge in [-0.15, -0.1) is 0 Å². The van der Waals surface area contributed by atoms with Crippen LogP contribution in [0.4, 0.5) is 0 Å². The highest BCUT2D eigenvalue weighted by molar-refractivity contribution is 7.99. The number of rotatable bonds is 5. The largest absolute Gasteiger partial charge is 0.349 e. The van der Waals surface area contributed by atoms with Crippen molar-refractivity contribution < 1.29 is 4.79 Å². The van der Waals surface area contributed by atoms with Gasteiger partial charge in [0.05, 0.1) is 11.8 Å². The quantitative estimate of drug-likeness (QED) is 0.679. The predicted molar refractivity (Wildman–Crippen MR) is 90.0 cm³/mol. The summed E-state index contributed by atoms with van der Waals surface area (Å²) in [6, 6.07) is 10.00. The highest BCUT2D eigenvalue weighted by Crippen LogP contribution is 2.18. The fraction of sp³-hybridized carbons (Fsp3) is 0.353. The van der Waals surface area contributed by atoms with Crippen molar-refractivity contribution >= 4 is 17.7 Å². The molecule has 116 valence electrons. The van der Waals surface area contributed by atoms with Gasteiger partial charge in [0.1, 0.15) is 0 Å². The van der Waals surface area contributed by atoms with Gasteiger partial charge in [-0.05, 0) is 44.9 Å². The van der Waals surface area contributed by atoms with Crippen molar-refractivity contribution in [2.75, 3.05) is 5.75 Å². The molecule has 22 heavy (non-hydrogen) atoms. The third-order valence-corrected chi connectivity index (χ3v) is 4.17. The van der Waals surface area contributed by atoms with Crippen molar-refractivity contribution in [2.24, 2.45) is 0 Å². The summed E-state index contributed by atoms with van der Waals surface area (Å²) in [7, 11) is 0. The van der Waals surface area contributed by atoms with Crippen LogP contribution in [0.2, 0.25) is 0 Å². The minimum absolute atomic E-state index is 0.00513. The average Bonchev–Trinajstić information content (AvgIpc) is 2.44. The highest BCUT2D eigenvalue weighted by atomic mass is 32.2. The molecule has 0 fully saturated rings. The summed E-state index contributed by atoms with van der Waals surface area (Å²) >= 11 is 1.36. The van der Waals surface area contributed by atoms with Crippen molar-refractivity contribution in [2.45, 2.75) is 38.9 Å². The first-order valence-electron chi connectivity index (χ1n) is 7.25. The van der Waals surface area contributed by atoms with Crippen LogP contribution >= 0.6 is 11.8 Å². The van der Waals surface area contributed by atoms with E-state index in [1.165, 1.54) is 17.3 Å². The first kappa shape index (κ1) is 16.5. The number of amides is 1. The molecule has 4 nitrogen and oxygen atoms in total. The SMILES string of the molecule is Cc1cc(C)nc(SCC(=O)NC(C)c2ccccc2C)n1. The predicted octanol–water partition coefficient (Wildman–Crippen LogP) is 3.37. The van der Waals surface area contributed by atoms with E-state index in [1.54, 1.807) is 0 Å². The molecule has 0 aliphatic rings. The van der Waals surface area contributed by atoms with Crippen molar-refractivity contribution in [1.82, 2.24) is 15.3 Å². The molecule has 2 rings (SSSR count). The van der Waals surface area contributed by atoms with Crippen LogP contribution in [0, 0.1) is 20.8 Å². The van der Waals surface area contributed by atoms with Gasteiger partial charge in [0.25, 0.3) is 0 Å². The monoisotopic (exact) mass is 315 g/mol. The molecule has 0 saturated heterocycles. The van der Waals surface area contributed by atoms with E-state index in [-0.39, 0.29) is 11.9 Å². The molecular formula is C17H21N3OS. The van der Waals surface area contributed by atoms with E-state index >= 15 is 0 Å². The number of carbonyl (C=O) groups excluding carboxylic acids is 1. The zero-order valence-electron chi connectivity index (χ0n) is 13.4. The van der Waals surface area contributed by atoms with Crippen LogP contribution in [0.5, 0.6) is 0 Å². The molecule has 1 heterocycles. The van der Waals surface area contributed by atoms with Gasteiger partial charge < -0.3 is 5.32 Å². The molecule has 0 bridgehead atoms.